The predicted molar refractivity (Wildman–Crippen MR) is 77.2 cm³/mol. The first-order valence-electron chi connectivity index (χ1n) is 5.86. The Morgan fingerprint density at radius 1 is 1.06 bits per heavy atom. The van der Waals surface area contributed by atoms with E-state index in [4.69, 9.17) is 0 Å². The van der Waals surface area contributed by atoms with Crippen LogP contribution in [-0.2, 0) is 0 Å². The van der Waals surface area contributed by atoms with Crippen molar-refractivity contribution < 1.29 is 0 Å². The smallest absolute Gasteiger partial charge is 0.0511 e. The molecule has 0 amide bonds. The lowest BCUT2D eigenvalue weighted by Crippen LogP contribution is -2.09. The molecule has 0 spiro atoms. The van der Waals surface area contributed by atoms with E-state index in [0.29, 0.717) is 6.04 Å². The van der Waals surface area contributed by atoms with Crippen molar-refractivity contribution in [2.75, 3.05) is 5.32 Å². The minimum atomic E-state index is 0.356. The Morgan fingerprint density at radius 3 is 2.47 bits per heavy atom. The van der Waals surface area contributed by atoms with Crippen LogP contribution < -0.4 is 5.32 Å². The second kappa shape index (κ2) is 5.87. The maximum atomic E-state index is 3.55. The van der Waals surface area contributed by atoms with Gasteiger partial charge >= 0.3 is 0 Å². The molecule has 0 aliphatic carbocycles. The molecule has 2 aromatic carbocycles. The van der Waals surface area contributed by atoms with Gasteiger partial charge in [-0.1, -0.05) is 53.2 Å². The topological polar surface area (TPSA) is 12.0 Å². The Bertz CT molecular complexity index is 467. The molecule has 1 atom stereocenters. The second-order valence-electron chi connectivity index (χ2n) is 4.03. The van der Waals surface area contributed by atoms with Crippen molar-refractivity contribution in [2.24, 2.45) is 0 Å². The van der Waals surface area contributed by atoms with Gasteiger partial charge in [0.2, 0.25) is 0 Å². The summed E-state index contributed by atoms with van der Waals surface area (Å²) in [6.07, 6.45) is 1.06. The van der Waals surface area contributed by atoms with Crippen LogP contribution in [0.25, 0.3) is 0 Å². The molecule has 1 N–H and O–H groups in total. The standard InChI is InChI=1S/C15H16BrN/c1-2-15(12-7-6-8-13(16)11-12)17-14-9-4-3-5-10-14/h3-11,15,17H,2H2,1H3. The van der Waals surface area contributed by atoms with Gasteiger partial charge in [0.1, 0.15) is 0 Å². The fourth-order valence-corrected chi connectivity index (χ4v) is 2.30. The first kappa shape index (κ1) is 12.2. The molecule has 2 aromatic rings. The quantitative estimate of drug-likeness (QED) is 0.834. The van der Waals surface area contributed by atoms with Crippen LogP contribution in [0, 0.1) is 0 Å². The van der Waals surface area contributed by atoms with Gasteiger partial charge in [-0.25, -0.2) is 0 Å². The molecule has 1 nitrogen and oxygen atoms in total. The van der Waals surface area contributed by atoms with Crippen molar-refractivity contribution in [3.8, 4) is 0 Å². The first-order valence-corrected chi connectivity index (χ1v) is 6.66. The van der Waals surface area contributed by atoms with Gasteiger partial charge in [0, 0.05) is 10.2 Å². The van der Waals surface area contributed by atoms with Crippen molar-refractivity contribution in [1.82, 2.24) is 0 Å². The molecule has 0 saturated carbocycles. The fraction of sp³-hybridized carbons (Fsp3) is 0.200. The summed E-state index contributed by atoms with van der Waals surface area (Å²) in [5.74, 6) is 0. The summed E-state index contributed by atoms with van der Waals surface area (Å²) in [5.41, 5.74) is 2.48. The highest BCUT2D eigenvalue weighted by atomic mass is 79.9. The number of benzene rings is 2. The fourth-order valence-electron chi connectivity index (χ4n) is 1.88. The van der Waals surface area contributed by atoms with Gasteiger partial charge in [0.25, 0.3) is 0 Å². The van der Waals surface area contributed by atoms with Crippen molar-refractivity contribution >= 4 is 21.6 Å². The van der Waals surface area contributed by atoms with Crippen molar-refractivity contribution in [1.29, 1.82) is 0 Å². The number of halogens is 1. The molecule has 0 bridgehead atoms. The summed E-state index contributed by atoms with van der Waals surface area (Å²) in [6.45, 7) is 2.20. The van der Waals surface area contributed by atoms with Crippen LogP contribution in [0.4, 0.5) is 5.69 Å². The van der Waals surface area contributed by atoms with Crippen LogP contribution in [0.15, 0.2) is 59.1 Å². The zero-order valence-electron chi connectivity index (χ0n) is 9.86. The van der Waals surface area contributed by atoms with Gasteiger partial charge in [-0.2, -0.15) is 0 Å². The highest BCUT2D eigenvalue weighted by Gasteiger charge is 2.08. The van der Waals surface area contributed by atoms with E-state index >= 15 is 0 Å². The summed E-state index contributed by atoms with van der Waals surface area (Å²) < 4.78 is 1.13. The average molecular weight is 290 g/mol. The first-order chi connectivity index (χ1) is 8.29. The lowest BCUT2D eigenvalue weighted by molar-refractivity contribution is 0.749. The van der Waals surface area contributed by atoms with E-state index in [9.17, 15) is 0 Å². The molecule has 88 valence electrons. The summed E-state index contributed by atoms with van der Waals surface area (Å²) in [5, 5.41) is 3.55. The third-order valence-corrected chi connectivity index (χ3v) is 3.27. The van der Waals surface area contributed by atoms with E-state index in [1.807, 2.05) is 6.07 Å². The molecule has 0 aliphatic heterocycles. The maximum Gasteiger partial charge on any atom is 0.0511 e. The molecule has 0 radical (unpaired) electrons. The molecule has 2 heteroatoms. The van der Waals surface area contributed by atoms with Gasteiger partial charge in [-0.15, -0.1) is 0 Å². The zero-order chi connectivity index (χ0) is 12.1. The Morgan fingerprint density at radius 2 is 1.82 bits per heavy atom. The highest BCUT2D eigenvalue weighted by molar-refractivity contribution is 9.10. The second-order valence-corrected chi connectivity index (χ2v) is 4.94. The monoisotopic (exact) mass is 289 g/mol. The Hall–Kier alpha value is -1.28. The molecule has 17 heavy (non-hydrogen) atoms. The summed E-state index contributed by atoms with van der Waals surface area (Å²) in [6, 6.07) is 19.2. The molecular formula is C15H16BrN. The Labute approximate surface area is 111 Å². The van der Waals surface area contributed by atoms with Crippen molar-refractivity contribution in [2.45, 2.75) is 19.4 Å². The highest BCUT2D eigenvalue weighted by Crippen LogP contribution is 2.24. The lowest BCUT2D eigenvalue weighted by atomic mass is 10.0. The molecule has 0 aliphatic rings. The van der Waals surface area contributed by atoms with E-state index in [2.05, 4.69) is 76.7 Å². The van der Waals surface area contributed by atoms with Crippen LogP contribution >= 0.6 is 15.9 Å². The molecule has 0 saturated heterocycles. The minimum Gasteiger partial charge on any atom is -0.378 e. The van der Waals surface area contributed by atoms with Gasteiger partial charge in [0.05, 0.1) is 6.04 Å². The van der Waals surface area contributed by atoms with Gasteiger partial charge in [-0.05, 0) is 36.2 Å². The van der Waals surface area contributed by atoms with E-state index in [1.54, 1.807) is 0 Å². The van der Waals surface area contributed by atoms with E-state index in [1.165, 1.54) is 11.3 Å². The van der Waals surface area contributed by atoms with Crippen LogP contribution in [0.3, 0.4) is 0 Å². The van der Waals surface area contributed by atoms with Crippen LogP contribution in [0.5, 0.6) is 0 Å². The molecular weight excluding hydrogens is 274 g/mol. The largest absolute Gasteiger partial charge is 0.378 e. The van der Waals surface area contributed by atoms with Gasteiger partial charge in [-0.3, -0.25) is 0 Å². The normalized spacial score (nSPS) is 12.1. The van der Waals surface area contributed by atoms with Gasteiger partial charge in [0.15, 0.2) is 0 Å². The molecule has 0 fully saturated rings. The lowest BCUT2D eigenvalue weighted by Gasteiger charge is -2.19. The maximum absolute atomic E-state index is 3.55. The van der Waals surface area contributed by atoms with Crippen LogP contribution in [0.2, 0.25) is 0 Å². The number of anilines is 1. The van der Waals surface area contributed by atoms with Crippen LogP contribution in [-0.4, -0.2) is 0 Å². The average Bonchev–Trinajstić information content (AvgIpc) is 2.37. The van der Waals surface area contributed by atoms with E-state index in [0.717, 1.165) is 10.9 Å². The van der Waals surface area contributed by atoms with E-state index < -0.39 is 0 Å². The number of nitrogens with one attached hydrogen (secondary N) is 1. The Kier molecular flexibility index (Phi) is 4.21. The summed E-state index contributed by atoms with van der Waals surface area (Å²) in [7, 11) is 0. The van der Waals surface area contributed by atoms with Crippen molar-refractivity contribution in [3.63, 3.8) is 0 Å². The van der Waals surface area contributed by atoms with Crippen molar-refractivity contribution in [3.05, 3.63) is 64.6 Å². The number of para-hydroxylation sites is 1. The van der Waals surface area contributed by atoms with Gasteiger partial charge < -0.3 is 5.32 Å². The van der Waals surface area contributed by atoms with E-state index in [-0.39, 0.29) is 0 Å². The number of hydrogen-bond donors (Lipinski definition) is 1. The molecule has 1 unspecified atom stereocenters. The summed E-state index contributed by atoms with van der Waals surface area (Å²) in [4.78, 5) is 0. The number of rotatable bonds is 4. The zero-order valence-corrected chi connectivity index (χ0v) is 11.4. The number of hydrogen-bond acceptors (Lipinski definition) is 1. The van der Waals surface area contributed by atoms with Crippen LogP contribution in [0.1, 0.15) is 24.9 Å². The Balaban J connectivity index is 2.17. The third kappa shape index (κ3) is 3.34. The predicted octanol–water partition coefficient (Wildman–Crippen LogP) is 5.01. The molecule has 0 aromatic heterocycles. The molecule has 2 rings (SSSR count). The third-order valence-electron chi connectivity index (χ3n) is 2.77. The SMILES string of the molecule is CCC(Nc1ccccc1)c1cccc(Br)c1. The summed E-state index contributed by atoms with van der Waals surface area (Å²) >= 11 is 3.52. The molecule has 0 heterocycles. The minimum absolute atomic E-state index is 0.356.